The van der Waals surface area contributed by atoms with Gasteiger partial charge in [0.1, 0.15) is 0 Å². The molecule has 5 nitrogen and oxygen atoms in total. The van der Waals surface area contributed by atoms with Gasteiger partial charge in [0.15, 0.2) is 0 Å². The van der Waals surface area contributed by atoms with Crippen LogP contribution in [-0.2, 0) is 11.2 Å². The third-order valence-electron chi connectivity index (χ3n) is 3.60. The summed E-state index contributed by atoms with van der Waals surface area (Å²) in [7, 11) is 0. The first-order valence-electron chi connectivity index (χ1n) is 8.20. The second-order valence-electron chi connectivity index (χ2n) is 6.28. The van der Waals surface area contributed by atoms with Crippen molar-refractivity contribution >= 4 is 17.2 Å². The predicted octanol–water partition coefficient (Wildman–Crippen LogP) is 4.06. The van der Waals surface area contributed by atoms with Crippen LogP contribution in [0.3, 0.4) is 0 Å². The molecule has 1 atom stereocenters. The number of amides is 1. The number of hydrogen-bond acceptors (Lipinski definition) is 5. The van der Waals surface area contributed by atoms with E-state index in [4.69, 9.17) is 4.52 Å². The number of rotatable bonds is 9. The number of carbonyl (C=O) groups excluding carboxylic acids is 1. The fourth-order valence-corrected chi connectivity index (χ4v) is 2.98. The number of thiophene rings is 1. The lowest BCUT2D eigenvalue weighted by Gasteiger charge is -2.14. The van der Waals surface area contributed by atoms with Crippen molar-refractivity contribution in [1.82, 2.24) is 15.5 Å². The summed E-state index contributed by atoms with van der Waals surface area (Å²) in [6.07, 6.45) is 4.22. The van der Waals surface area contributed by atoms with Gasteiger partial charge in [-0.25, -0.2) is 0 Å². The van der Waals surface area contributed by atoms with Crippen molar-refractivity contribution in [3.8, 4) is 10.7 Å². The van der Waals surface area contributed by atoms with Crippen molar-refractivity contribution in [2.45, 2.75) is 58.9 Å². The average molecular weight is 335 g/mol. The Morgan fingerprint density at radius 2 is 2.17 bits per heavy atom. The Bertz CT molecular complexity index is 593. The Morgan fingerprint density at radius 1 is 1.35 bits per heavy atom. The molecule has 126 valence electrons. The number of aryl methyl sites for hydroxylation is 1. The summed E-state index contributed by atoms with van der Waals surface area (Å²) in [4.78, 5) is 17.3. The third-order valence-corrected chi connectivity index (χ3v) is 4.47. The number of nitrogens with zero attached hydrogens (tertiary/aromatic N) is 2. The van der Waals surface area contributed by atoms with Gasteiger partial charge in [-0.3, -0.25) is 4.79 Å². The molecule has 0 spiro atoms. The van der Waals surface area contributed by atoms with Crippen LogP contribution in [0.2, 0.25) is 0 Å². The molecule has 0 bridgehead atoms. The molecule has 2 heterocycles. The quantitative estimate of drug-likeness (QED) is 0.750. The lowest BCUT2D eigenvalue weighted by molar-refractivity contribution is -0.121. The van der Waals surface area contributed by atoms with Crippen LogP contribution in [0.1, 0.15) is 52.3 Å². The molecule has 1 N–H and O–H groups in total. The summed E-state index contributed by atoms with van der Waals surface area (Å²) < 4.78 is 5.20. The molecule has 0 radical (unpaired) electrons. The van der Waals surface area contributed by atoms with Crippen molar-refractivity contribution in [3.05, 3.63) is 23.4 Å². The summed E-state index contributed by atoms with van der Waals surface area (Å²) in [5.41, 5.74) is 0. The molecule has 1 unspecified atom stereocenters. The molecule has 2 aromatic rings. The number of carbonyl (C=O) groups is 1. The standard InChI is InChI=1S/C17H25N3O2S/c1-12(2)6-4-7-13(3)18-15(21)9-10-16-19-17(20-22-16)14-8-5-11-23-14/h5,8,11-13H,4,6-7,9-10H2,1-3H3,(H,18,21). The molecule has 0 aromatic carbocycles. The van der Waals surface area contributed by atoms with E-state index >= 15 is 0 Å². The fourth-order valence-electron chi connectivity index (χ4n) is 2.33. The van der Waals surface area contributed by atoms with Crippen molar-refractivity contribution in [3.63, 3.8) is 0 Å². The first kappa shape index (κ1) is 17.7. The van der Waals surface area contributed by atoms with Crippen LogP contribution in [0.25, 0.3) is 10.7 Å². The molecule has 1 amide bonds. The summed E-state index contributed by atoms with van der Waals surface area (Å²) in [6, 6.07) is 4.11. The second kappa shape index (κ2) is 8.82. The summed E-state index contributed by atoms with van der Waals surface area (Å²) in [5.74, 6) is 1.86. The zero-order valence-electron chi connectivity index (χ0n) is 14.0. The van der Waals surface area contributed by atoms with Gasteiger partial charge in [-0.2, -0.15) is 4.98 Å². The fraction of sp³-hybridized carbons (Fsp3) is 0.588. The normalized spacial score (nSPS) is 12.5. The summed E-state index contributed by atoms with van der Waals surface area (Å²) in [6.45, 7) is 6.50. The van der Waals surface area contributed by atoms with Crippen molar-refractivity contribution in [2.24, 2.45) is 5.92 Å². The molecule has 0 aliphatic carbocycles. The summed E-state index contributed by atoms with van der Waals surface area (Å²) in [5, 5.41) is 8.95. The highest BCUT2D eigenvalue weighted by Crippen LogP contribution is 2.21. The lowest BCUT2D eigenvalue weighted by atomic mass is 10.0. The average Bonchev–Trinajstić information content (AvgIpc) is 3.15. The Morgan fingerprint density at radius 3 is 2.87 bits per heavy atom. The highest BCUT2D eigenvalue weighted by molar-refractivity contribution is 7.13. The predicted molar refractivity (Wildman–Crippen MR) is 92.2 cm³/mol. The SMILES string of the molecule is CC(C)CCCC(C)NC(=O)CCc1nc(-c2cccs2)no1. The van der Waals surface area contributed by atoms with E-state index in [1.165, 1.54) is 6.42 Å². The maximum atomic E-state index is 12.0. The van der Waals surface area contributed by atoms with Gasteiger partial charge in [0, 0.05) is 18.9 Å². The van der Waals surface area contributed by atoms with Gasteiger partial charge in [0.05, 0.1) is 4.88 Å². The van der Waals surface area contributed by atoms with Crippen molar-refractivity contribution in [1.29, 1.82) is 0 Å². The van der Waals surface area contributed by atoms with Crippen LogP contribution in [-0.4, -0.2) is 22.1 Å². The highest BCUT2D eigenvalue weighted by atomic mass is 32.1. The Balaban J connectivity index is 1.70. The van der Waals surface area contributed by atoms with E-state index in [2.05, 4.69) is 36.2 Å². The van der Waals surface area contributed by atoms with Gasteiger partial charge < -0.3 is 9.84 Å². The third kappa shape index (κ3) is 6.14. The first-order valence-corrected chi connectivity index (χ1v) is 9.08. The van der Waals surface area contributed by atoms with Gasteiger partial charge in [0.2, 0.25) is 17.6 Å². The largest absolute Gasteiger partial charge is 0.354 e. The van der Waals surface area contributed by atoms with Crippen molar-refractivity contribution < 1.29 is 9.32 Å². The topological polar surface area (TPSA) is 68.0 Å². The molecule has 0 fully saturated rings. The van der Waals surface area contributed by atoms with Gasteiger partial charge in [-0.15, -0.1) is 11.3 Å². The minimum absolute atomic E-state index is 0.0397. The van der Waals surface area contributed by atoms with Crippen LogP contribution in [0.4, 0.5) is 0 Å². The van der Waals surface area contributed by atoms with E-state index in [1.807, 2.05) is 17.5 Å². The molecule has 2 aromatic heterocycles. The van der Waals surface area contributed by atoms with E-state index in [-0.39, 0.29) is 11.9 Å². The van der Waals surface area contributed by atoms with Crippen LogP contribution >= 0.6 is 11.3 Å². The van der Waals surface area contributed by atoms with E-state index < -0.39 is 0 Å². The lowest BCUT2D eigenvalue weighted by Crippen LogP contribution is -2.32. The van der Waals surface area contributed by atoms with E-state index in [9.17, 15) is 4.79 Å². The Labute approximate surface area is 141 Å². The van der Waals surface area contributed by atoms with E-state index in [0.717, 1.165) is 17.7 Å². The number of aromatic nitrogens is 2. The van der Waals surface area contributed by atoms with Crippen LogP contribution in [0.15, 0.2) is 22.0 Å². The zero-order chi connectivity index (χ0) is 16.7. The molecule has 23 heavy (non-hydrogen) atoms. The molecular formula is C17H25N3O2S. The maximum Gasteiger partial charge on any atom is 0.227 e. The molecule has 2 rings (SSSR count). The van der Waals surface area contributed by atoms with E-state index in [1.54, 1.807) is 11.3 Å². The van der Waals surface area contributed by atoms with Gasteiger partial charge >= 0.3 is 0 Å². The molecule has 0 aliphatic rings. The second-order valence-corrected chi connectivity index (χ2v) is 7.23. The van der Waals surface area contributed by atoms with Crippen LogP contribution < -0.4 is 5.32 Å². The number of hydrogen-bond donors (Lipinski definition) is 1. The van der Waals surface area contributed by atoms with Gasteiger partial charge in [0.25, 0.3) is 0 Å². The first-order chi connectivity index (χ1) is 11.0. The summed E-state index contributed by atoms with van der Waals surface area (Å²) >= 11 is 1.57. The van der Waals surface area contributed by atoms with E-state index in [0.29, 0.717) is 30.5 Å². The Hall–Kier alpha value is -1.69. The number of nitrogens with one attached hydrogen (secondary N) is 1. The van der Waals surface area contributed by atoms with Crippen LogP contribution in [0, 0.1) is 5.92 Å². The van der Waals surface area contributed by atoms with Crippen LogP contribution in [0.5, 0.6) is 0 Å². The molecule has 0 saturated carbocycles. The molecular weight excluding hydrogens is 310 g/mol. The molecule has 6 heteroatoms. The zero-order valence-corrected chi connectivity index (χ0v) is 14.9. The Kier molecular flexibility index (Phi) is 6.77. The van der Waals surface area contributed by atoms with Gasteiger partial charge in [-0.1, -0.05) is 37.9 Å². The van der Waals surface area contributed by atoms with Gasteiger partial charge in [-0.05, 0) is 30.7 Å². The maximum absolute atomic E-state index is 12.0. The molecule has 0 aliphatic heterocycles. The molecule has 0 saturated heterocycles. The minimum atomic E-state index is 0.0397. The smallest absolute Gasteiger partial charge is 0.227 e. The monoisotopic (exact) mass is 335 g/mol. The van der Waals surface area contributed by atoms with Crippen molar-refractivity contribution in [2.75, 3.05) is 0 Å². The minimum Gasteiger partial charge on any atom is -0.354 e. The highest BCUT2D eigenvalue weighted by Gasteiger charge is 2.12.